The molecule has 1 aromatic carbocycles. The minimum absolute atomic E-state index is 0.139. The van der Waals surface area contributed by atoms with Crippen molar-refractivity contribution in [1.82, 2.24) is 4.90 Å². The van der Waals surface area contributed by atoms with Crippen LogP contribution >= 0.6 is 0 Å². The van der Waals surface area contributed by atoms with Gasteiger partial charge in [-0.05, 0) is 31.2 Å². The molecule has 0 aromatic heterocycles. The van der Waals surface area contributed by atoms with Gasteiger partial charge in [-0.2, -0.15) is 0 Å². The highest BCUT2D eigenvalue weighted by Gasteiger charge is 2.18. The number of amides is 1. The molecule has 0 aliphatic rings. The molecule has 0 saturated heterocycles. The van der Waals surface area contributed by atoms with Crippen LogP contribution in [0.25, 0.3) is 0 Å². The van der Waals surface area contributed by atoms with Crippen LogP contribution < -0.4 is 0 Å². The quantitative estimate of drug-likeness (QED) is 0.749. The first kappa shape index (κ1) is 16.2. The number of likely N-dealkylation sites (N-methyl/N-ethyl adjacent to an activating group) is 1. The molecule has 1 aromatic rings. The lowest BCUT2D eigenvalue weighted by Gasteiger charge is -2.19. The molecule has 0 fully saturated rings. The molecule has 0 heterocycles. The molecule has 6 nitrogen and oxygen atoms in total. The lowest BCUT2D eigenvalue weighted by Crippen LogP contribution is -2.36. The van der Waals surface area contributed by atoms with E-state index in [9.17, 15) is 18.0 Å². The first-order valence-electron chi connectivity index (χ1n) is 5.95. The standard InChI is InChI=1S/C13H17NO5S/c1-4-14(9-12(15)19-2)13(16)10-5-7-11(8-6-10)20(3,17)18/h5-8H,4,9H2,1-3H3. The molecule has 0 aliphatic heterocycles. The third kappa shape index (κ3) is 4.06. The SMILES string of the molecule is CCN(CC(=O)OC)C(=O)c1ccc(S(C)(=O)=O)cc1. The number of sulfone groups is 1. The highest BCUT2D eigenvalue weighted by atomic mass is 32.2. The van der Waals surface area contributed by atoms with Gasteiger partial charge in [-0.25, -0.2) is 8.42 Å². The molecule has 110 valence electrons. The van der Waals surface area contributed by atoms with E-state index >= 15 is 0 Å². The van der Waals surface area contributed by atoms with Crippen LogP contribution in [0.15, 0.2) is 29.2 Å². The maximum absolute atomic E-state index is 12.2. The van der Waals surface area contributed by atoms with Crippen molar-refractivity contribution in [3.63, 3.8) is 0 Å². The van der Waals surface area contributed by atoms with Crippen LogP contribution in [-0.2, 0) is 19.4 Å². The van der Waals surface area contributed by atoms with Crippen molar-refractivity contribution in [3.8, 4) is 0 Å². The summed E-state index contributed by atoms with van der Waals surface area (Å²) in [7, 11) is -2.04. The zero-order chi connectivity index (χ0) is 15.3. The van der Waals surface area contributed by atoms with Gasteiger partial charge in [0.2, 0.25) is 0 Å². The van der Waals surface area contributed by atoms with Crippen LogP contribution in [0, 0.1) is 0 Å². The van der Waals surface area contributed by atoms with Gasteiger partial charge in [-0.15, -0.1) is 0 Å². The molecule has 0 unspecified atom stereocenters. The number of carbonyl (C=O) groups is 2. The normalized spacial score (nSPS) is 10.9. The van der Waals surface area contributed by atoms with Crippen molar-refractivity contribution in [2.45, 2.75) is 11.8 Å². The number of hydrogen-bond acceptors (Lipinski definition) is 5. The molecule has 1 rings (SSSR count). The third-order valence-corrected chi connectivity index (χ3v) is 3.87. The summed E-state index contributed by atoms with van der Waals surface area (Å²) in [6.07, 6.45) is 1.10. The van der Waals surface area contributed by atoms with Gasteiger partial charge in [0.15, 0.2) is 9.84 Å². The maximum atomic E-state index is 12.2. The second-order valence-electron chi connectivity index (χ2n) is 4.19. The average molecular weight is 299 g/mol. The minimum Gasteiger partial charge on any atom is -0.468 e. The van der Waals surface area contributed by atoms with Crippen LogP contribution in [0.2, 0.25) is 0 Å². The highest BCUT2D eigenvalue weighted by molar-refractivity contribution is 7.90. The summed E-state index contributed by atoms with van der Waals surface area (Å²) in [5.74, 6) is -0.856. The van der Waals surface area contributed by atoms with Crippen LogP contribution in [0.1, 0.15) is 17.3 Å². The third-order valence-electron chi connectivity index (χ3n) is 2.75. The van der Waals surface area contributed by atoms with Gasteiger partial charge in [-0.3, -0.25) is 9.59 Å². The van der Waals surface area contributed by atoms with Crippen molar-refractivity contribution in [2.75, 3.05) is 26.5 Å². The Morgan fingerprint density at radius 1 is 1.20 bits per heavy atom. The maximum Gasteiger partial charge on any atom is 0.325 e. The zero-order valence-electron chi connectivity index (χ0n) is 11.6. The van der Waals surface area contributed by atoms with Crippen molar-refractivity contribution in [2.24, 2.45) is 0 Å². The van der Waals surface area contributed by atoms with Crippen molar-refractivity contribution in [3.05, 3.63) is 29.8 Å². The lowest BCUT2D eigenvalue weighted by molar-refractivity contribution is -0.141. The van der Waals surface area contributed by atoms with E-state index in [1.165, 1.54) is 36.3 Å². The Bertz CT molecular complexity index is 592. The smallest absolute Gasteiger partial charge is 0.325 e. The Kier molecular flexibility index (Phi) is 5.26. The van der Waals surface area contributed by atoms with Gasteiger partial charge < -0.3 is 9.64 Å². The molecule has 0 bridgehead atoms. The predicted molar refractivity (Wildman–Crippen MR) is 73.1 cm³/mol. The van der Waals surface area contributed by atoms with Gasteiger partial charge >= 0.3 is 5.97 Å². The topological polar surface area (TPSA) is 80.8 Å². The van der Waals surface area contributed by atoms with Crippen LogP contribution in [-0.4, -0.2) is 51.6 Å². The molecule has 0 atom stereocenters. The van der Waals surface area contributed by atoms with Gasteiger partial charge in [0.05, 0.1) is 12.0 Å². The summed E-state index contributed by atoms with van der Waals surface area (Å²) in [6, 6.07) is 5.60. The van der Waals surface area contributed by atoms with Crippen LogP contribution in [0.3, 0.4) is 0 Å². The molecule has 0 saturated carbocycles. The van der Waals surface area contributed by atoms with E-state index in [1.54, 1.807) is 6.92 Å². The summed E-state index contributed by atoms with van der Waals surface area (Å²) in [5, 5.41) is 0. The number of ether oxygens (including phenoxy) is 1. The molecule has 1 amide bonds. The van der Waals surface area contributed by atoms with Gasteiger partial charge in [-0.1, -0.05) is 0 Å². The molecular formula is C13H17NO5S. The average Bonchev–Trinajstić information content (AvgIpc) is 2.42. The second-order valence-corrected chi connectivity index (χ2v) is 6.21. The fourth-order valence-corrected chi connectivity index (χ4v) is 2.21. The molecule has 0 spiro atoms. The molecule has 0 radical (unpaired) electrons. The van der Waals surface area contributed by atoms with E-state index < -0.39 is 15.8 Å². The summed E-state index contributed by atoms with van der Waals surface area (Å²) in [5.41, 5.74) is 0.322. The molecule has 20 heavy (non-hydrogen) atoms. The van der Waals surface area contributed by atoms with Crippen molar-refractivity contribution >= 4 is 21.7 Å². The number of methoxy groups -OCH3 is 1. The molecule has 0 N–H and O–H groups in total. The Hall–Kier alpha value is -1.89. The number of benzene rings is 1. The molecule has 7 heteroatoms. The Morgan fingerprint density at radius 2 is 1.75 bits per heavy atom. The molecule has 0 aliphatic carbocycles. The van der Waals surface area contributed by atoms with E-state index in [-0.39, 0.29) is 17.3 Å². The van der Waals surface area contributed by atoms with E-state index in [2.05, 4.69) is 4.74 Å². The fraction of sp³-hybridized carbons (Fsp3) is 0.385. The van der Waals surface area contributed by atoms with E-state index in [4.69, 9.17) is 0 Å². The summed E-state index contributed by atoms with van der Waals surface area (Å²) >= 11 is 0. The largest absolute Gasteiger partial charge is 0.468 e. The monoisotopic (exact) mass is 299 g/mol. The second kappa shape index (κ2) is 6.51. The summed E-state index contributed by atoms with van der Waals surface area (Å²) in [4.78, 5) is 24.8. The number of esters is 1. The van der Waals surface area contributed by atoms with E-state index in [0.29, 0.717) is 12.1 Å². The number of nitrogens with zero attached hydrogens (tertiary/aromatic N) is 1. The number of hydrogen-bond donors (Lipinski definition) is 0. The summed E-state index contributed by atoms with van der Waals surface area (Å²) in [6.45, 7) is 1.95. The van der Waals surface area contributed by atoms with Gasteiger partial charge in [0, 0.05) is 18.4 Å². The Morgan fingerprint density at radius 3 is 2.15 bits per heavy atom. The van der Waals surface area contributed by atoms with Crippen molar-refractivity contribution < 1.29 is 22.7 Å². The van der Waals surface area contributed by atoms with E-state index in [0.717, 1.165) is 6.26 Å². The number of rotatable bonds is 5. The van der Waals surface area contributed by atoms with Gasteiger partial charge in [0.1, 0.15) is 6.54 Å². The highest BCUT2D eigenvalue weighted by Crippen LogP contribution is 2.12. The van der Waals surface area contributed by atoms with Gasteiger partial charge in [0.25, 0.3) is 5.91 Å². The lowest BCUT2D eigenvalue weighted by atomic mass is 10.2. The minimum atomic E-state index is -3.29. The molecular weight excluding hydrogens is 282 g/mol. The Balaban J connectivity index is 2.93. The number of carbonyl (C=O) groups excluding carboxylic acids is 2. The predicted octanol–water partition coefficient (Wildman–Crippen LogP) is 0.725. The Labute approximate surface area is 118 Å². The fourth-order valence-electron chi connectivity index (χ4n) is 1.57. The first-order chi connectivity index (χ1) is 9.29. The van der Waals surface area contributed by atoms with E-state index in [1.807, 2.05) is 0 Å². The first-order valence-corrected chi connectivity index (χ1v) is 7.85. The van der Waals surface area contributed by atoms with Crippen LogP contribution in [0.4, 0.5) is 0 Å². The summed E-state index contributed by atoms with van der Waals surface area (Å²) < 4.78 is 27.2. The van der Waals surface area contributed by atoms with Crippen LogP contribution in [0.5, 0.6) is 0 Å². The zero-order valence-corrected chi connectivity index (χ0v) is 12.4. The van der Waals surface area contributed by atoms with Crippen molar-refractivity contribution in [1.29, 1.82) is 0 Å².